The molecule has 24 heavy (non-hydrogen) atoms. The summed E-state index contributed by atoms with van der Waals surface area (Å²) in [6, 6.07) is 10.4. The number of rotatable bonds is 3. The number of aryl methyl sites for hydroxylation is 1. The van der Waals surface area contributed by atoms with Crippen molar-refractivity contribution in [2.24, 2.45) is 7.05 Å². The van der Waals surface area contributed by atoms with E-state index >= 15 is 0 Å². The van der Waals surface area contributed by atoms with E-state index in [0.717, 1.165) is 40.8 Å². The summed E-state index contributed by atoms with van der Waals surface area (Å²) in [6.07, 6.45) is 3.75. The Kier molecular flexibility index (Phi) is 3.95. The van der Waals surface area contributed by atoms with Crippen LogP contribution in [-0.2, 0) is 7.05 Å². The van der Waals surface area contributed by atoms with E-state index in [9.17, 15) is 5.26 Å². The van der Waals surface area contributed by atoms with E-state index in [2.05, 4.69) is 16.0 Å². The van der Waals surface area contributed by atoms with Crippen molar-refractivity contribution in [2.45, 2.75) is 25.2 Å². The van der Waals surface area contributed by atoms with Gasteiger partial charge in [-0.2, -0.15) is 5.26 Å². The molecule has 0 amide bonds. The topological polar surface area (TPSA) is 57.7 Å². The highest BCUT2D eigenvalue weighted by Gasteiger charge is 2.24. The Morgan fingerprint density at radius 2 is 1.96 bits per heavy atom. The summed E-state index contributed by atoms with van der Waals surface area (Å²) in [6.45, 7) is 2.13. The zero-order valence-electron chi connectivity index (χ0n) is 13.6. The van der Waals surface area contributed by atoms with Crippen LogP contribution in [0.4, 0.5) is 5.13 Å². The first-order valence-corrected chi connectivity index (χ1v) is 9.17. The molecule has 1 aliphatic rings. The molecule has 1 aromatic carbocycles. The molecule has 3 aromatic rings. The first-order chi connectivity index (χ1) is 11.8. The van der Waals surface area contributed by atoms with Gasteiger partial charge in [0, 0.05) is 25.5 Å². The molecule has 0 bridgehead atoms. The van der Waals surface area contributed by atoms with Crippen LogP contribution in [0.15, 0.2) is 29.6 Å². The molecule has 1 fully saturated rings. The van der Waals surface area contributed by atoms with E-state index in [1.54, 1.807) is 11.3 Å². The van der Waals surface area contributed by atoms with Crippen molar-refractivity contribution in [3.8, 4) is 6.07 Å². The van der Waals surface area contributed by atoms with Crippen LogP contribution in [0.25, 0.3) is 11.0 Å². The summed E-state index contributed by atoms with van der Waals surface area (Å²) in [5.41, 5.74) is 2.77. The smallest absolute Gasteiger partial charge is 0.185 e. The molecule has 1 unspecified atom stereocenters. The van der Waals surface area contributed by atoms with Crippen LogP contribution in [0.3, 0.4) is 0 Å². The molecule has 1 aliphatic heterocycles. The summed E-state index contributed by atoms with van der Waals surface area (Å²) < 4.78 is 2.00. The van der Waals surface area contributed by atoms with E-state index in [1.807, 2.05) is 41.3 Å². The van der Waals surface area contributed by atoms with Gasteiger partial charge >= 0.3 is 0 Å². The van der Waals surface area contributed by atoms with Gasteiger partial charge in [-0.25, -0.2) is 9.97 Å². The summed E-state index contributed by atoms with van der Waals surface area (Å²) in [5.74, 6) is 0.325. The number of fused-ring (bicyclic) bond motifs is 1. The molecule has 0 radical (unpaired) electrons. The predicted molar refractivity (Wildman–Crippen MR) is 96.3 cm³/mol. The highest BCUT2D eigenvalue weighted by atomic mass is 32.1. The van der Waals surface area contributed by atoms with Crippen molar-refractivity contribution in [3.63, 3.8) is 0 Å². The van der Waals surface area contributed by atoms with Crippen LogP contribution in [0.2, 0.25) is 0 Å². The number of hydrogen-bond acceptors (Lipinski definition) is 5. The molecule has 6 heteroatoms. The molecule has 0 aliphatic carbocycles. The standard InChI is InChI=1S/C18H19N5S/c1-22-16-8-4-3-7-14(16)20-17(22)13(11-19)15-12-24-18(21-15)23-9-5-2-6-10-23/h3-4,7-8,12-13H,2,5-6,9-10H2,1H3. The molecule has 1 atom stereocenters. The Morgan fingerprint density at radius 3 is 2.71 bits per heavy atom. The monoisotopic (exact) mass is 337 g/mol. The van der Waals surface area contributed by atoms with Crippen LogP contribution < -0.4 is 4.90 Å². The van der Waals surface area contributed by atoms with Crippen LogP contribution in [0.1, 0.15) is 36.7 Å². The Balaban J connectivity index is 1.69. The quantitative estimate of drug-likeness (QED) is 0.731. The van der Waals surface area contributed by atoms with Gasteiger partial charge in [-0.1, -0.05) is 12.1 Å². The van der Waals surface area contributed by atoms with Gasteiger partial charge in [0.25, 0.3) is 0 Å². The van der Waals surface area contributed by atoms with Gasteiger partial charge in [0.05, 0.1) is 22.8 Å². The fraction of sp³-hybridized carbons (Fsp3) is 0.389. The minimum Gasteiger partial charge on any atom is -0.348 e. The molecule has 0 spiro atoms. The van der Waals surface area contributed by atoms with Gasteiger partial charge in [0.1, 0.15) is 11.7 Å². The number of nitrogens with zero attached hydrogens (tertiary/aromatic N) is 5. The van der Waals surface area contributed by atoms with Gasteiger partial charge in [-0.15, -0.1) is 11.3 Å². The third-order valence-electron chi connectivity index (χ3n) is 4.64. The normalized spacial score (nSPS) is 16.2. The second-order valence-electron chi connectivity index (χ2n) is 6.18. The van der Waals surface area contributed by atoms with Crippen molar-refractivity contribution >= 4 is 27.5 Å². The SMILES string of the molecule is Cn1c(C(C#N)c2csc(N3CCCCC3)n2)nc2ccccc21. The fourth-order valence-corrected chi connectivity index (χ4v) is 4.22. The summed E-state index contributed by atoms with van der Waals surface area (Å²) in [7, 11) is 1.97. The Bertz CT molecular complexity index is 898. The first kappa shape index (κ1) is 15.2. The molecule has 5 nitrogen and oxygen atoms in total. The maximum atomic E-state index is 9.75. The first-order valence-electron chi connectivity index (χ1n) is 8.29. The molecule has 3 heterocycles. The molecule has 2 aromatic heterocycles. The lowest BCUT2D eigenvalue weighted by Crippen LogP contribution is -2.29. The number of piperidine rings is 1. The van der Waals surface area contributed by atoms with Crippen molar-refractivity contribution in [3.05, 3.63) is 41.2 Å². The van der Waals surface area contributed by atoms with E-state index in [-0.39, 0.29) is 0 Å². The number of imidazole rings is 1. The van der Waals surface area contributed by atoms with E-state index in [4.69, 9.17) is 4.98 Å². The molecular weight excluding hydrogens is 318 g/mol. The highest BCUT2D eigenvalue weighted by Crippen LogP contribution is 2.31. The number of anilines is 1. The maximum Gasteiger partial charge on any atom is 0.185 e. The highest BCUT2D eigenvalue weighted by molar-refractivity contribution is 7.13. The zero-order valence-corrected chi connectivity index (χ0v) is 14.5. The van der Waals surface area contributed by atoms with E-state index in [1.165, 1.54) is 19.3 Å². The lowest BCUT2D eigenvalue weighted by atomic mass is 10.1. The summed E-state index contributed by atoms with van der Waals surface area (Å²) in [4.78, 5) is 11.8. The van der Waals surface area contributed by atoms with Gasteiger partial charge in [0.15, 0.2) is 5.13 Å². The van der Waals surface area contributed by atoms with Gasteiger partial charge in [-0.3, -0.25) is 0 Å². The number of para-hydroxylation sites is 2. The van der Waals surface area contributed by atoms with Gasteiger partial charge in [-0.05, 0) is 31.4 Å². The zero-order chi connectivity index (χ0) is 16.5. The average Bonchev–Trinajstić information content (AvgIpc) is 3.23. The Labute approximate surface area is 145 Å². The van der Waals surface area contributed by atoms with Crippen LogP contribution in [0, 0.1) is 11.3 Å². The van der Waals surface area contributed by atoms with Crippen LogP contribution in [0.5, 0.6) is 0 Å². The molecular formula is C18H19N5S. The maximum absolute atomic E-state index is 9.75. The van der Waals surface area contributed by atoms with Crippen molar-refractivity contribution in [1.29, 1.82) is 5.26 Å². The average molecular weight is 337 g/mol. The van der Waals surface area contributed by atoms with Crippen molar-refractivity contribution in [2.75, 3.05) is 18.0 Å². The molecule has 0 saturated carbocycles. The number of nitriles is 1. The fourth-order valence-electron chi connectivity index (χ4n) is 3.32. The molecule has 1 saturated heterocycles. The van der Waals surface area contributed by atoms with Crippen molar-refractivity contribution in [1.82, 2.24) is 14.5 Å². The largest absolute Gasteiger partial charge is 0.348 e. The van der Waals surface area contributed by atoms with E-state index < -0.39 is 5.92 Å². The molecule has 122 valence electrons. The second-order valence-corrected chi connectivity index (χ2v) is 7.02. The van der Waals surface area contributed by atoms with Gasteiger partial charge < -0.3 is 9.47 Å². The summed E-state index contributed by atoms with van der Waals surface area (Å²) in [5, 5.41) is 12.8. The van der Waals surface area contributed by atoms with Crippen LogP contribution >= 0.6 is 11.3 Å². The number of aromatic nitrogens is 3. The lowest BCUT2D eigenvalue weighted by Gasteiger charge is -2.25. The molecule has 0 N–H and O–H groups in total. The molecule has 4 rings (SSSR count). The van der Waals surface area contributed by atoms with Crippen molar-refractivity contribution < 1.29 is 0 Å². The van der Waals surface area contributed by atoms with Crippen LogP contribution in [-0.4, -0.2) is 27.6 Å². The minimum atomic E-state index is -0.433. The number of thiazole rings is 1. The second kappa shape index (κ2) is 6.25. The third kappa shape index (κ3) is 2.55. The third-order valence-corrected chi connectivity index (χ3v) is 5.56. The lowest BCUT2D eigenvalue weighted by molar-refractivity contribution is 0.576. The summed E-state index contributed by atoms with van der Waals surface area (Å²) >= 11 is 1.63. The minimum absolute atomic E-state index is 0.433. The van der Waals surface area contributed by atoms with Gasteiger partial charge in [0.2, 0.25) is 0 Å². The Hall–Kier alpha value is -2.39. The predicted octanol–water partition coefficient (Wildman–Crippen LogP) is 3.68. The number of hydrogen-bond donors (Lipinski definition) is 0. The Morgan fingerprint density at radius 1 is 1.17 bits per heavy atom. The van der Waals surface area contributed by atoms with E-state index in [0.29, 0.717) is 0 Å². The number of benzene rings is 1.